The highest BCUT2D eigenvalue weighted by molar-refractivity contribution is 9.10. The summed E-state index contributed by atoms with van der Waals surface area (Å²) in [6.07, 6.45) is 0. The number of phenolic OH excluding ortho intramolecular Hbond substituents is 1. The molecule has 0 unspecified atom stereocenters. The molecule has 0 bridgehead atoms. The van der Waals surface area contributed by atoms with Gasteiger partial charge in [0.1, 0.15) is 31.4 Å². The summed E-state index contributed by atoms with van der Waals surface area (Å²) in [6.45, 7) is 0. The van der Waals surface area contributed by atoms with Crippen LogP contribution in [-0.2, 0) is 0 Å². The third-order valence-corrected chi connectivity index (χ3v) is 2.42. The monoisotopic (exact) mass is 212 g/mol. The van der Waals surface area contributed by atoms with Crippen molar-refractivity contribution in [3.63, 3.8) is 0 Å². The van der Waals surface area contributed by atoms with Gasteiger partial charge in [-0.25, -0.2) is 0 Å². The Hall–Kier alpha value is -0.240. The Morgan fingerprint density at radius 1 is 0.833 bits per heavy atom. The molecule has 0 amide bonds. The highest BCUT2D eigenvalue weighted by Crippen LogP contribution is 2.03. The molecule has 0 aliphatic heterocycles. The van der Waals surface area contributed by atoms with E-state index in [1.165, 1.54) is 0 Å². The predicted octanol–water partition coefficient (Wildman–Crippen LogP) is -2.67. The van der Waals surface area contributed by atoms with Crippen LogP contribution in [-0.4, -0.2) is 36.5 Å². The third kappa shape index (κ3) is 1.33. The predicted molar refractivity (Wildman–Crippen MR) is 57.4 cm³/mol. The third-order valence-electron chi connectivity index (χ3n) is 1.56. The molecule has 8 radical (unpaired) electrons. The van der Waals surface area contributed by atoms with Crippen molar-refractivity contribution < 1.29 is 5.11 Å². The molecule has 0 saturated carbocycles. The van der Waals surface area contributed by atoms with Gasteiger partial charge in [0.15, 0.2) is 0 Å². The lowest BCUT2D eigenvalue weighted by Gasteiger charge is -2.14. The maximum absolute atomic E-state index is 9.26. The molecule has 0 heterocycles. The second-order valence-electron chi connectivity index (χ2n) is 2.32. The minimum atomic E-state index is -0.270. The minimum Gasteiger partial charge on any atom is -0.509 e. The second kappa shape index (κ2) is 3.25. The van der Waals surface area contributed by atoms with Crippen molar-refractivity contribution in [3.05, 3.63) is 4.47 Å². The van der Waals surface area contributed by atoms with Crippen molar-refractivity contribution in [2.45, 2.75) is 0 Å². The summed E-state index contributed by atoms with van der Waals surface area (Å²) in [5.74, 6) is -0.270. The van der Waals surface area contributed by atoms with Crippen molar-refractivity contribution in [2.24, 2.45) is 0 Å². The van der Waals surface area contributed by atoms with E-state index in [-0.39, 0.29) is 27.6 Å². The summed E-state index contributed by atoms with van der Waals surface area (Å²) in [5, 5.41) is 9.26. The van der Waals surface area contributed by atoms with Gasteiger partial charge in [-0.1, -0.05) is 37.8 Å². The van der Waals surface area contributed by atoms with Crippen molar-refractivity contribution >= 4 is 69.2 Å². The van der Waals surface area contributed by atoms with Gasteiger partial charge in [0.25, 0.3) is 0 Å². The van der Waals surface area contributed by atoms with E-state index in [9.17, 15) is 5.11 Å². The maximum Gasteiger partial charge on any atom is 0.118 e. The van der Waals surface area contributed by atoms with Crippen molar-refractivity contribution in [1.29, 1.82) is 0 Å². The summed E-state index contributed by atoms with van der Waals surface area (Å²) < 4.78 is 0.412. The van der Waals surface area contributed by atoms with E-state index in [1.807, 2.05) is 0 Å². The van der Waals surface area contributed by atoms with Crippen molar-refractivity contribution in [1.82, 2.24) is 0 Å². The highest BCUT2D eigenvalue weighted by atomic mass is 79.9. The van der Waals surface area contributed by atoms with Crippen LogP contribution in [0.15, 0.2) is 4.47 Å². The van der Waals surface area contributed by atoms with E-state index in [0.717, 1.165) is 0 Å². The Morgan fingerprint density at radius 2 is 1.17 bits per heavy atom. The molecule has 0 spiro atoms. The van der Waals surface area contributed by atoms with Crippen LogP contribution in [0.4, 0.5) is 0 Å². The van der Waals surface area contributed by atoms with Gasteiger partial charge < -0.3 is 5.11 Å². The van der Waals surface area contributed by atoms with Gasteiger partial charge in [-0.15, -0.1) is 0 Å². The first-order valence-electron chi connectivity index (χ1n) is 3.07. The topological polar surface area (TPSA) is 20.2 Å². The van der Waals surface area contributed by atoms with Crippen LogP contribution in [0, 0.1) is 0 Å². The Kier molecular flexibility index (Phi) is 2.67. The fraction of sp³-hybridized carbons (Fsp3) is 0. The van der Waals surface area contributed by atoms with Gasteiger partial charge in [0.2, 0.25) is 0 Å². The number of halogens is 1. The van der Waals surface area contributed by atoms with Crippen molar-refractivity contribution in [2.75, 3.05) is 0 Å². The quantitative estimate of drug-likeness (QED) is 0.465. The van der Waals surface area contributed by atoms with Gasteiger partial charge >= 0.3 is 0 Å². The Morgan fingerprint density at radius 3 is 1.50 bits per heavy atom. The summed E-state index contributed by atoms with van der Waals surface area (Å²) in [4.78, 5) is 0. The Labute approximate surface area is 84.7 Å². The molecule has 50 valence electrons. The van der Waals surface area contributed by atoms with Crippen LogP contribution in [0.25, 0.3) is 0 Å². The van der Waals surface area contributed by atoms with E-state index >= 15 is 0 Å². The average molecular weight is 212 g/mol. The fourth-order valence-electron chi connectivity index (χ4n) is 0.782. The lowest BCUT2D eigenvalue weighted by molar-refractivity contribution is 0.484. The molecule has 0 fully saturated rings. The first-order valence-corrected chi connectivity index (χ1v) is 3.86. The maximum atomic E-state index is 9.26. The number of benzene rings is 1. The summed E-state index contributed by atoms with van der Waals surface area (Å²) >= 11 is 3.09. The molecule has 1 rings (SSSR count). The molecule has 1 N–H and O–H groups in total. The van der Waals surface area contributed by atoms with E-state index in [4.69, 9.17) is 31.4 Å². The SMILES string of the molecule is [B]c1c([B])c(Br)c([B])c([B])c1O. The van der Waals surface area contributed by atoms with E-state index in [2.05, 4.69) is 15.9 Å². The van der Waals surface area contributed by atoms with Crippen LogP contribution < -0.4 is 21.9 Å². The highest BCUT2D eigenvalue weighted by Gasteiger charge is 2.09. The molecule has 1 aromatic rings. The van der Waals surface area contributed by atoms with E-state index in [0.29, 0.717) is 4.47 Å². The molecule has 0 aromatic heterocycles. The molecule has 0 atom stereocenters. The standard InChI is InChI=1S/C6HB4BrO/c7-1-3(9)6(12)4(10)2(8)5(1)11/h12H. The Balaban J connectivity index is 3.60. The average Bonchev–Trinajstić information content (AvgIpc) is 2.08. The fourth-order valence-corrected chi connectivity index (χ4v) is 1.21. The first kappa shape index (κ1) is 9.84. The summed E-state index contributed by atoms with van der Waals surface area (Å²) in [5.41, 5.74) is 0.459. The lowest BCUT2D eigenvalue weighted by atomic mass is 9.70. The zero-order chi connectivity index (χ0) is 9.46. The largest absolute Gasteiger partial charge is 0.509 e. The smallest absolute Gasteiger partial charge is 0.118 e. The summed E-state index contributed by atoms with van der Waals surface area (Å²) in [7, 11) is 21.8. The number of aromatic hydroxyl groups is 1. The number of hydrogen-bond acceptors (Lipinski definition) is 1. The normalized spacial score (nSPS) is 10.1. The molecule has 0 aliphatic rings. The lowest BCUT2D eigenvalue weighted by Crippen LogP contribution is -2.41. The van der Waals surface area contributed by atoms with Gasteiger partial charge in [-0.3, -0.25) is 0 Å². The van der Waals surface area contributed by atoms with Gasteiger partial charge in [-0.05, 0) is 0 Å². The van der Waals surface area contributed by atoms with Crippen LogP contribution in [0.2, 0.25) is 0 Å². The van der Waals surface area contributed by atoms with Gasteiger partial charge in [0, 0.05) is 4.47 Å². The van der Waals surface area contributed by atoms with Crippen LogP contribution in [0.5, 0.6) is 5.75 Å². The zero-order valence-electron chi connectivity index (χ0n) is 6.13. The molecular weight excluding hydrogens is 211 g/mol. The van der Waals surface area contributed by atoms with Gasteiger partial charge in [-0.2, -0.15) is 0 Å². The number of phenols is 1. The van der Waals surface area contributed by atoms with Crippen LogP contribution >= 0.6 is 15.9 Å². The molecule has 12 heavy (non-hydrogen) atoms. The zero-order valence-corrected chi connectivity index (χ0v) is 7.72. The molecule has 0 aliphatic carbocycles. The number of rotatable bonds is 0. The van der Waals surface area contributed by atoms with Crippen LogP contribution in [0.1, 0.15) is 0 Å². The first-order chi connectivity index (χ1) is 5.46. The summed E-state index contributed by atoms with van der Waals surface area (Å²) in [6, 6.07) is 0. The van der Waals surface area contributed by atoms with E-state index < -0.39 is 0 Å². The molecule has 1 aromatic carbocycles. The second-order valence-corrected chi connectivity index (χ2v) is 3.11. The van der Waals surface area contributed by atoms with E-state index in [1.54, 1.807) is 0 Å². The molecular formula is C6HB4BrO. The van der Waals surface area contributed by atoms with Crippen LogP contribution in [0.3, 0.4) is 0 Å². The molecule has 1 nitrogen and oxygen atoms in total. The Bertz CT molecular complexity index is 234. The van der Waals surface area contributed by atoms with Gasteiger partial charge in [0.05, 0.1) is 5.75 Å². The van der Waals surface area contributed by atoms with Crippen molar-refractivity contribution in [3.8, 4) is 5.75 Å². The molecule has 0 saturated heterocycles. The molecule has 6 heteroatoms. The number of hydrogen-bond donors (Lipinski definition) is 1. The minimum absolute atomic E-state index is 0.0357.